The first kappa shape index (κ1) is 18.5. The van der Waals surface area contributed by atoms with Gasteiger partial charge in [-0.25, -0.2) is 0 Å². The van der Waals surface area contributed by atoms with E-state index in [0.717, 1.165) is 18.4 Å². The average Bonchev–Trinajstić information content (AvgIpc) is 3.50. The van der Waals surface area contributed by atoms with E-state index in [1.807, 2.05) is 29.2 Å². The Morgan fingerprint density at radius 1 is 0.926 bits per heavy atom. The molecule has 2 aliphatic rings. The second-order valence-electron chi connectivity index (χ2n) is 7.53. The van der Waals surface area contributed by atoms with Crippen LogP contribution >= 0.6 is 23.2 Å². The number of hydrogen-bond acceptors (Lipinski definition) is 2. The minimum Gasteiger partial charge on any atom is -0.342 e. The van der Waals surface area contributed by atoms with E-state index in [1.165, 1.54) is 0 Å². The molecule has 5 heteroatoms. The number of nitrogens with zero attached hydrogens (tertiary/aromatic N) is 1. The molecular weight excluding hydrogens is 381 g/mol. The molecular formula is C22H21Cl2NO2. The number of carbonyl (C=O) groups is 2. The first-order valence-corrected chi connectivity index (χ1v) is 10.1. The summed E-state index contributed by atoms with van der Waals surface area (Å²) in [6, 6.07) is 14.7. The van der Waals surface area contributed by atoms with Gasteiger partial charge in [-0.3, -0.25) is 9.59 Å². The van der Waals surface area contributed by atoms with Crippen LogP contribution in [0.15, 0.2) is 48.5 Å². The van der Waals surface area contributed by atoms with Crippen LogP contribution in [0, 0.1) is 5.92 Å². The maximum Gasteiger partial charge on any atom is 0.233 e. The number of halogens is 2. The molecule has 2 aromatic carbocycles. The van der Waals surface area contributed by atoms with Gasteiger partial charge in [-0.1, -0.05) is 35.3 Å². The summed E-state index contributed by atoms with van der Waals surface area (Å²) in [6.45, 7) is 1.26. The molecule has 0 spiro atoms. The Balaban J connectivity index is 1.41. The highest BCUT2D eigenvalue weighted by Gasteiger charge is 2.53. The maximum absolute atomic E-state index is 13.2. The normalized spacial score (nSPS) is 19.0. The van der Waals surface area contributed by atoms with Crippen molar-refractivity contribution in [1.82, 2.24) is 4.90 Å². The molecule has 4 rings (SSSR count). The zero-order valence-corrected chi connectivity index (χ0v) is 16.5. The summed E-state index contributed by atoms with van der Waals surface area (Å²) in [5.74, 6) is 0.299. The van der Waals surface area contributed by atoms with Crippen LogP contribution in [0.4, 0.5) is 0 Å². The number of ketones is 1. The molecule has 0 atom stereocenters. The van der Waals surface area contributed by atoms with Crippen LogP contribution in [0.3, 0.4) is 0 Å². The van der Waals surface area contributed by atoms with Gasteiger partial charge in [0.05, 0.1) is 5.41 Å². The number of rotatable bonds is 4. The average molecular weight is 402 g/mol. The monoisotopic (exact) mass is 401 g/mol. The summed E-state index contributed by atoms with van der Waals surface area (Å²) >= 11 is 12.0. The minimum absolute atomic E-state index is 0.0310. The highest BCUT2D eigenvalue weighted by Crippen LogP contribution is 2.50. The molecule has 2 fully saturated rings. The zero-order valence-electron chi connectivity index (χ0n) is 15.0. The molecule has 1 saturated carbocycles. The van der Waals surface area contributed by atoms with E-state index in [2.05, 4.69) is 0 Å². The molecule has 0 radical (unpaired) electrons. The molecule has 1 aliphatic heterocycles. The molecule has 2 aromatic rings. The molecule has 1 heterocycles. The van der Waals surface area contributed by atoms with Crippen molar-refractivity contribution in [3.8, 4) is 0 Å². The van der Waals surface area contributed by atoms with Crippen molar-refractivity contribution in [2.75, 3.05) is 13.1 Å². The Morgan fingerprint density at radius 2 is 1.59 bits per heavy atom. The highest BCUT2D eigenvalue weighted by atomic mass is 35.5. The number of amides is 1. The molecule has 1 amide bonds. The lowest BCUT2D eigenvalue weighted by atomic mass is 9.87. The zero-order chi connectivity index (χ0) is 19.0. The van der Waals surface area contributed by atoms with Crippen molar-refractivity contribution in [3.05, 3.63) is 69.7 Å². The van der Waals surface area contributed by atoms with Gasteiger partial charge in [0, 0.05) is 34.6 Å². The quantitative estimate of drug-likeness (QED) is 0.664. The second kappa shape index (κ2) is 7.29. The van der Waals surface area contributed by atoms with Gasteiger partial charge in [0.1, 0.15) is 0 Å². The first-order valence-electron chi connectivity index (χ1n) is 9.35. The van der Waals surface area contributed by atoms with Gasteiger partial charge < -0.3 is 4.90 Å². The van der Waals surface area contributed by atoms with E-state index in [1.54, 1.807) is 24.3 Å². The van der Waals surface area contributed by atoms with E-state index < -0.39 is 5.41 Å². The number of Topliss-reactive ketones (excluding diaryl/α,β-unsaturated/α-hetero) is 1. The van der Waals surface area contributed by atoms with E-state index in [4.69, 9.17) is 23.2 Å². The van der Waals surface area contributed by atoms with Crippen LogP contribution in [0.5, 0.6) is 0 Å². The van der Waals surface area contributed by atoms with Crippen LogP contribution < -0.4 is 0 Å². The predicted octanol–water partition coefficient (Wildman–Crippen LogP) is 5.15. The topological polar surface area (TPSA) is 37.4 Å². The number of carbonyl (C=O) groups excluding carboxylic acids is 2. The van der Waals surface area contributed by atoms with E-state index >= 15 is 0 Å². The van der Waals surface area contributed by atoms with E-state index in [-0.39, 0.29) is 17.6 Å². The maximum atomic E-state index is 13.2. The van der Waals surface area contributed by atoms with E-state index in [0.29, 0.717) is 41.5 Å². The summed E-state index contributed by atoms with van der Waals surface area (Å²) in [5.41, 5.74) is 1.30. The van der Waals surface area contributed by atoms with Crippen LogP contribution in [0.1, 0.15) is 41.6 Å². The second-order valence-corrected chi connectivity index (χ2v) is 8.40. The molecule has 27 heavy (non-hydrogen) atoms. The molecule has 3 nitrogen and oxygen atoms in total. The molecule has 1 aliphatic carbocycles. The Morgan fingerprint density at radius 3 is 2.19 bits per heavy atom. The summed E-state index contributed by atoms with van der Waals surface area (Å²) in [5, 5.41) is 1.29. The summed E-state index contributed by atoms with van der Waals surface area (Å²) in [7, 11) is 0. The fraction of sp³-hybridized carbons (Fsp3) is 0.364. The number of likely N-dealkylation sites (tertiary alicyclic amines) is 1. The minimum atomic E-state index is -0.405. The molecule has 0 aromatic heterocycles. The van der Waals surface area contributed by atoms with Crippen LogP contribution in [0.25, 0.3) is 0 Å². The fourth-order valence-electron chi connectivity index (χ4n) is 4.03. The van der Waals surface area contributed by atoms with Gasteiger partial charge in [0.25, 0.3) is 0 Å². The van der Waals surface area contributed by atoms with Crippen molar-refractivity contribution in [1.29, 1.82) is 0 Å². The molecule has 1 saturated heterocycles. The number of benzene rings is 2. The summed E-state index contributed by atoms with van der Waals surface area (Å²) in [4.78, 5) is 27.8. The standard InChI is InChI=1S/C22H21Cl2NO2/c23-18-6-4-15(5-7-18)20(26)16-8-12-25(13-9-16)21(27)22(10-11-22)17-2-1-3-19(24)14-17/h1-7,14,16H,8-13H2. The van der Waals surface area contributed by atoms with Gasteiger partial charge in [-0.05, 0) is 67.6 Å². The third-order valence-corrected chi connectivity index (χ3v) is 6.31. The van der Waals surface area contributed by atoms with Gasteiger partial charge in [-0.2, -0.15) is 0 Å². The SMILES string of the molecule is O=C(c1ccc(Cl)cc1)C1CCN(C(=O)C2(c3cccc(Cl)c3)CC2)CC1. The third kappa shape index (κ3) is 3.63. The first-order chi connectivity index (χ1) is 13.0. The lowest BCUT2D eigenvalue weighted by Crippen LogP contribution is -2.45. The van der Waals surface area contributed by atoms with Crippen molar-refractivity contribution < 1.29 is 9.59 Å². The molecule has 0 unspecified atom stereocenters. The number of piperidine rings is 1. The molecule has 0 bridgehead atoms. The summed E-state index contributed by atoms with van der Waals surface area (Å²) in [6.07, 6.45) is 3.16. The van der Waals surface area contributed by atoms with Crippen molar-refractivity contribution in [3.63, 3.8) is 0 Å². The Bertz CT molecular complexity index is 866. The third-order valence-electron chi connectivity index (χ3n) is 5.82. The Hall–Kier alpha value is -1.84. The lowest BCUT2D eigenvalue weighted by Gasteiger charge is -2.34. The van der Waals surface area contributed by atoms with Gasteiger partial charge in [0.15, 0.2) is 5.78 Å². The Kier molecular flexibility index (Phi) is 5.00. The van der Waals surface area contributed by atoms with Gasteiger partial charge in [-0.15, -0.1) is 0 Å². The molecule has 140 valence electrons. The van der Waals surface area contributed by atoms with Crippen molar-refractivity contribution >= 4 is 34.9 Å². The van der Waals surface area contributed by atoms with E-state index in [9.17, 15) is 9.59 Å². The van der Waals surface area contributed by atoms with Crippen molar-refractivity contribution in [2.45, 2.75) is 31.1 Å². The Labute approximate surface area is 169 Å². The van der Waals surface area contributed by atoms with Gasteiger partial charge in [0.2, 0.25) is 5.91 Å². The fourth-order valence-corrected chi connectivity index (χ4v) is 4.35. The largest absolute Gasteiger partial charge is 0.342 e. The predicted molar refractivity (Wildman–Crippen MR) is 107 cm³/mol. The lowest BCUT2D eigenvalue weighted by molar-refractivity contribution is -0.135. The smallest absolute Gasteiger partial charge is 0.233 e. The van der Waals surface area contributed by atoms with Crippen LogP contribution in [0.2, 0.25) is 10.0 Å². The number of hydrogen-bond donors (Lipinski definition) is 0. The van der Waals surface area contributed by atoms with Crippen LogP contribution in [-0.4, -0.2) is 29.7 Å². The molecule has 0 N–H and O–H groups in total. The summed E-state index contributed by atoms with van der Waals surface area (Å²) < 4.78 is 0. The van der Waals surface area contributed by atoms with Crippen molar-refractivity contribution in [2.24, 2.45) is 5.92 Å². The van der Waals surface area contributed by atoms with Gasteiger partial charge >= 0.3 is 0 Å². The highest BCUT2D eigenvalue weighted by molar-refractivity contribution is 6.31. The van der Waals surface area contributed by atoms with Crippen LogP contribution in [-0.2, 0) is 10.2 Å².